The molecular formula is C9H8Cl4O. The van der Waals surface area contributed by atoms with Gasteiger partial charge in [0.2, 0.25) is 0 Å². The van der Waals surface area contributed by atoms with Gasteiger partial charge in [0.05, 0.1) is 10.0 Å². The van der Waals surface area contributed by atoms with Gasteiger partial charge in [-0.1, -0.05) is 59.7 Å². The number of hydrogen-bond acceptors (Lipinski definition) is 1. The van der Waals surface area contributed by atoms with E-state index in [0.717, 1.165) is 6.42 Å². The van der Waals surface area contributed by atoms with Gasteiger partial charge in [0.25, 0.3) is 0 Å². The Labute approximate surface area is 103 Å². The second kappa shape index (κ2) is 4.80. The molecule has 1 aromatic carbocycles. The van der Waals surface area contributed by atoms with Crippen molar-refractivity contribution in [1.29, 1.82) is 0 Å². The Morgan fingerprint density at radius 3 is 1.71 bits per heavy atom. The lowest BCUT2D eigenvalue weighted by Gasteiger charge is -2.11. The van der Waals surface area contributed by atoms with E-state index in [4.69, 9.17) is 46.4 Å². The summed E-state index contributed by atoms with van der Waals surface area (Å²) in [6.07, 6.45) is 1.55. The van der Waals surface area contributed by atoms with Crippen molar-refractivity contribution in [2.24, 2.45) is 0 Å². The van der Waals surface area contributed by atoms with Crippen molar-refractivity contribution in [3.63, 3.8) is 0 Å². The van der Waals surface area contributed by atoms with Crippen LogP contribution in [0.5, 0.6) is 5.75 Å². The predicted molar refractivity (Wildman–Crippen MR) is 62.1 cm³/mol. The van der Waals surface area contributed by atoms with E-state index in [1.807, 2.05) is 6.92 Å². The van der Waals surface area contributed by atoms with Crippen LogP contribution in [0, 0.1) is 0 Å². The summed E-state index contributed by atoms with van der Waals surface area (Å²) in [6.45, 7) is 1.99. The molecule has 0 bridgehead atoms. The molecule has 0 aliphatic heterocycles. The van der Waals surface area contributed by atoms with Crippen LogP contribution < -0.4 is 0 Å². The van der Waals surface area contributed by atoms with Gasteiger partial charge in [-0.05, 0) is 12.0 Å². The topological polar surface area (TPSA) is 20.2 Å². The van der Waals surface area contributed by atoms with Crippen LogP contribution in [-0.4, -0.2) is 5.11 Å². The molecule has 0 saturated carbocycles. The molecule has 1 nitrogen and oxygen atoms in total. The van der Waals surface area contributed by atoms with Crippen LogP contribution in [0.15, 0.2) is 0 Å². The van der Waals surface area contributed by atoms with E-state index < -0.39 is 0 Å². The second-order valence-corrected chi connectivity index (χ2v) is 4.34. The van der Waals surface area contributed by atoms with Crippen LogP contribution in [0.4, 0.5) is 0 Å². The SMILES string of the molecule is CCCc1c(Cl)c(Cl)c(O)c(Cl)c1Cl. The van der Waals surface area contributed by atoms with Crippen LogP contribution in [-0.2, 0) is 6.42 Å². The van der Waals surface area contributed by atoms with Crippen LogP contribution in [0.3, 0.4) is 0 Å². The zero-order valence-corrected chi connectivity index (χ0v) is 10.4. The Morgan fingerprint density at radius 2 is 1.36 bits per heavy atom. The Hall–Kier alpha value is 0.180. The first-order chi connectivity index (χ1) is 6.50. The van der Waals surface area contributed by atoms with Gasteiger partial charge in [-0.25, -0.2) is 0 Å². The maximum Gasteiger partial charge on any atom is 0.155 e. The Balaban J connectivity index is 3.43. The maximum atomic E-state index is 9.43. The van der Waals surface area contributed by atoms with E-state index in [1.165, 1.54) is 0 Å². The third kappa shape index (κ3) is 2.06. The van der Waals surface area contributed by atoms with Crippen molar-refractivity contribution in [3.05, 3.63) is 25.7 Å². The molecule has 1 N–H and O–H groups in total. The first-order valence-corrected chi connectivity index (χ1v) is 5.55. The van der Waals surface area contributed by atoms with Crippen molar-refractivity contribution in [3.8, 4) is 5.75 Å². The Bertz CT molecular complexity index is 333. The standard InChI is InChI=1S/C9H8Cl4O/c1-2-3-4-5(10)7(12)9(14)8(13)6(4)11/h14H,2-3H2,1H3. The average Bonchev–Trinajstić information content (AvgIpc) is 2.19. The smallest absolute Gasteiger partial charge is 0.155 e. The van der Waals surface area contributed by atoms with E-state index in [9.17, 15) is 5.11 Å². The minimum absolute atomic E-state index is 0.0597. The minimum Gasteiger partial charge on any atom is -0.505 e. The van der Waals surface area contributed by atoms with Gasteiger partial charge < -0.3 is 5.11 Å². The molecule has 0 heterocycles. The van der Waals surface area contributed by atoms with Gasteiger partial charge in [-0.15, -0.1) is 0 Å². The van der Waals surface area contributed by atoms with Crippen molar-refractivity contribution in [2.75, 3.05) is 0 Å². The van der Waals surface area contributed by atoms with Gasteiger partial charge in [0, 0.05) is 0 Å². The molecule has 0 aromatic heterocycles. The van der Waals surface area contributed by atoms with E-state index in [2.05, 4.69) is 0 Å². The molecular weight excluding hydrogens is 266 g/mol. The number of rotatable bonds is 2. The van der Waals surface area contributed by atoms with Crippen LogP contribution in [0.2, 0.25) is 20.1 Å². The van der Waals surface area contributed by atoms with Crippen molar-refractivity contribution >= 4 is 46.4 Å². The predicted octanol–water partition coefficient (Wildman–Crippen LogP) is 4.96. The number of phenolic OH excluding ortho intramolecular Hbond substituents is 1. The average molecular weight is 274 g/mol. The highest BCUT2D eigenvalue weighted by Crippen LogP contribution is 2.45. The molecule has 0 spiro atoms. The van der Waals surface area contributed by atoms with Crippen LogP contribution in [0.25, 0.3) is 0 Å². The van der Waals surface area contributed by atoms with Crippen molar-refractivity contribution in [1.82, 2.24) is 0 Å². The summed E-state index contributed by atoms with van der Waals surface area (Å²) in [5, 5.41) is 10.1. The molecule has 5 heteroatoms. The normalized spacial score (nSPS) is 10.6. The summed E-state index contributed by atoms with van der Waals surface area (Å²) in [5.74, 6) is -0.261. The number of phenols is 1. The molecule has 14 heavy (non-hydrogen) atoms. The molecule has 0 aliphatic carbocycles. The molecule has 0 amide bonds. The minimum atomic E-state index is -0.261. The van der Waals surface area contributed by atoms with E-state index in [-0.39, 0.29) is 25.8 Å². The monoisotopic (exact) mass is 272 g/mol. The fourth-order valence-electron chi connectivity index (χ4n) is 1.14. The van der Waals surface area contributed by atoms with Crippen LogP contribution >= 0.6 is 46.4 Å². The van der Waals surface area contributed by atoms with Gasteiger partial charge in [-0.3, -0.25) is 0 Å². The third-order valence-electron chi connectivity index (χ3n) is 1.83. The summed E-state index contributed by atoms with van der Waals surface area (Å²) in [4.78, 5) is 0. The first-order valence-electron chi connectivity index (χ1n) is 4.04. The van der Waals surface area contributed by atoms with Crippen LogP contribution in [0.1, 0.15) is 18.9 Å². The number of aromatic hydroxyl groups is 1. The summed E-state index contributed by atoms with van der Waals surface area (Å²) in [5.41, 5.74) is 0.684. The molecule has 0 saturated heterocycles. The zero-order valence-electron chi connectivity index (χ0n) is 7.37. The first kappa shape index (κ1) is 12.3. The van der Waals surface area contributed by atoms with Gasteiger partial charge in [0.1, 0.15) is 10.0 Å². The fourth-order valence-corrected chi connectivity index (χ4v) is 2.21. The highest BCUT2D eigenvalue weighted by atomic mass is 35.5. The number of hydrogen-bond donors (Lipinski definition) is 1. The van der Waals surface area contributed by atoms with Crippen molar-refractivity contribution < 1.29 is 5.11 Å². The highest BCUT2D eigenvalue weighted by Gasteiger charge is 2.18. The lowest BCUT2D eigenvalue weighted by atomic mass is 10.1. The highest BCUT2D eigenvalue weighted by molar-refractivity contribution is 6.49. The molecule has 0 atom stereocenters. The van der Waals surface area contributed by atoms with Gasteiger partial charge in [-0.2, -0.15) is 0 Å². The molecule has 0 fully saturated rings. The summed E-state index contributed by atoms with van der Waals surface area (Å²) in [6, 6.07) is 0. The van der Waals surface area contributed by atoms with Gasteiger partial charge >= 0.3 is 0 Å². The summed E-state index contributed by atoms with van der Waals surface area (Å²) in [7, 11) is 0. The Kier molecular flexibility index (Phi) is 4.20. The lowest BCUT2D eigenvalue weighted by molar-refractivity contribution is 0.475. The quantitative estimate of drug-likeness (QED) is 0.756. The Morgan fingerprint density at radius 1 is 0.929 bits per heavy atom. The molecule has 0 aliphatic rings. The summed E-state index contributed by atoms with van der Waals surface area (Å²) >= 11 is 23.4. The van der Waals surface area contributed by atoms with E-state index in [1.54, 1.807) is 0 Å². The number of halogens is 4. The maximum absolute atomic E-state index is 9.43. The zero-order chi connectivity index (χ0) is 10.9. The fraction of sp³-hybridized carbons (Fsp3) is 0.333. The molecule has 78 valence electrons. The van der Waals surface area contributed by atoms with Crippen molar-refractivity contribution in [2.45, 2.75) is 19.8 Å². The molecule has 0 radical (unpaired) electrons. The molecule has 1 rings (SSSR count). The summed E-state index contributed by atoms with van der Waals surface area (Å²) < 4.78 is 0. The van der Waals surface area contributed by atoms with E-state index in [0.29, 0.717) is 12.0 Å². The second-order valence-electron chi connectivity index (χ2n) is 2.83. The molecule has 0 unspecified atom stereocenters. The molecule has 1 aromatic rings. The third-order valence-corrected chi connectivity index (χ3v) is 3.59. The van der Waals surface area contributed by atoms with E-state index >= 15 is 0 Å². The van der Waals surface area contributed by atoms with Gasteiger partial charge in [0.15, 0.2) is 5.75 Å². The lowest BCUT2D eigenvalue weighted by Crippen LogP contribution is -1.90. The largest absolute Gasteiger partial charge is 0.505 e. The number of benzene rings is 1.